The van der Waals surface area contributed by atoms with E-state index in [4.69, 9.17) is 0 Å². The summed E-state index contributed by atoms with van der Waals surface area (Å²) < 4.78 is 0. The molecule has 0 saturated heterocycles. The smallest absolute Gasteiger partial charge is 0.138 e. The average molecular weight is 278 g/mol. The molecular formula is C16H30N4. The fourth-order valence-electron chi connectivity index (χ4n) is 1.86. The molecular weight excluding hydrogens is 248 g/mol. The van der Waals surface area contributed by atoms with Crippen molar-refractivity contribution in [2.75, 3.05) is 17.2 Å². The van der Waals surface area contributed by atoms with Gasteiger partial charge in [-0.2, -0.15) is 0 Å². The highest BCUT2D eigenvalue weighted by atomic mass is 15.1. The van der Waals surface area contributed by atoms with E-state index in [1.54, 1.807) is 0 Å². The maximum Gasteiger partial charge on any atom is 0.138 e. The molecule has 0 aliphatic heterocycles. The lowest BCUT2D eigenvalue weighted by Gasteiger charge is -2.23. The fourth-order valence-corrected chi connectivity index (χ4v) is 1.86. The van der Waals surface area contributed by atoms with Gasteiger partial charge in [0.15, 0.2) is 0 Å². The van der Waals surface area contributed by atoms with E-state index in [-0.39, 0.29) is 5.41 Å². The number of nitrogens with one attached hydrogen (secondary N) is 2. The highest BCUT2D eigenvalue weighted by Crippen LogP contribution is 2.23. The van der Waals surface area contributed by atoms with Crippen LogP contribution in [-0.2, 0) is 5.41 Å². The van der Waals surface area contributed by atoms with Crippen molar-refractivity contribution in [3.63, 3.8) is 0 Å². The minimum Gasteiger partial charge on any atom is -0.370 e. The molecule has 1 aromatic heterocycles. The number of nitrogens with zero attached hydrogens (tertiary/aromatic N) is 2. The van der Waals surface area contributed by atoms with Crippen LogP contribution in [0.3, 0.4) is 0 Å². The van der Waals surface area contributed by atoms with E-state index in [2.05, 4.69) is 69.1 Å². The van der Waals surface area contributed by atoms with Crippen molar-refractivity contribution in [2.24, 2.45) is 5.92 Å². The Hall–Kier alpha value is -1.32. The van der Waals surface area contributed by atoms with E-state index < -0.39 is 0 Å². The standard InChI is InChI=1S/C16H30N4/c1-8-11(3)12(4)18-14-10-13(17-9-2)19-15(20-14)16(5,6)7/h10-12H,8-9H2,1-7H3,(H2,17,18,19,20). The van der Waals surface area contributed by atoms with Crippen LogP contribution in [0.2, 0.25) is 0 Å². The molecule has 4 nitrogen and oxygen atoms in total. The SMILES string of the molecule is CCNc1cc(NC(C)C(C)CC)nc(C(C)(C)C)n1. The van der Waals surface area contributed by atoms with E-state index in [0.29, 0.717) is 12.0 Å². The predicted molar refractivity (Wildman–Crippen MR) is 87.4 cm³/mol. The quantitative estimate of drug-likeness (QED) is 0.824. The second-order valence-corrected chi connectivity index (χ2v) is 6.56. The minimum absolute atomic E-state index is 0.0541. The van der Waals surface area contributed by atoms with Crippen LogP contribution in [0.5, 0.6) is 0 Å². The van der Waals surface area contributed by atoms with Gasteiger partial charge in [0.25, 0.3) is 0 Å². The highest BCUT2D eigenvalue weighted by Gasteiger charge is 2.20. The largest absolute Gasteiger partial charge is 0.370 e. The van der Waals surface area contributed by atoms with Crippen molar-refractivity contribution in [3.8, 4) is 0 Å². The second kappa shape index (κ2) is 6.91. The molecule has 1 aromatic rings. The van der Waals surface area contributed by atoms with Gasteiger partial charge in [-0.05, 0) is 19.8 Å². The Kier molecular flexibility index (Phi) is 5.78. The molecule has 0 aliphatic rings. The Morgan fingerprint density at radius 2 is 1.70 bits per heavy atom. The highest BCUT2D eigenvalue weighted by molar-refractivity contribution is 5.48. The summed E-state index contributed by atoms with van der Waals surface area (Å²) >= 11 is 0. The van der Waals surface area contributed by atoms with E-state index >= 15 is 0 Å². The van der Waals surface area contributed by atoms with Crippen LogP contribution in [0.25, 0.3) is 0 Å². The maximum absolute atomic E-state index is 4.68. The van der Waals surface area contributed by atoms with E-state index in [1.165, 1.54) is 0 Å². The van der Waals surface area contributed by atoms with Crippen molar-refractivity contribution >= 4 is 11.6 Å². The van der Waals surface area contributed by atoms with Gasteiger partial charge in [0.2, 0.25) is 0 Å². The lowest BCUT2D eigenvalue weighted by molar-refractivity contribution is 0.491. The molecule has 0 aliphatic carbocycles. The van der Waals surface area contributed by atoms with Crippen LogP contribution in [0.1, 0.15) is 60.7 Å². The summed E-state index contributed by atoms with van der Waals surface area (Å²) in [5.74, 6) is 3.29. The molecule has 2 N–H and O–H groups in total. The molecule has 0 radical (unpaired) electrons. The normalized spacial score (nSPS) is 14.8. The van der Waals surface area contributed by atoms with Crippen molar-refractivity contribution in [2.45, 2.75) is 66.3 Å². The van der Waals surface area contributed by atoms with E-state index in [1.807, 2.05) is 6.07 Å². The topological polar surface area (TPSA) is 49.8 Å². The third-order valence-electron chi connectivity index (χ3n) is 3.63. The summed E-state index contributed by atoms with van der Waals surface area (Å²) in [5, 5.41) is 6.80. The molecule has 2 atom stereocenters. The van der Waals surface area contributed by atoms with Crippen LogP contribution < -0.4 is 10.6 Å². The average Bonchev–Trinajstić information content (AvgIpc) is 2.36. The van der Waals surface area contributed by atoms with Crippen LogP contribution in [0, 0.1) is 5.92 Å². The van der Waals surface area contributed by atoms with Gasteiger partial charge < -0.3 is 10.6 Å². The first-order chi connectivity index (χ1) is 9.27. The Morgan fingerprint density at radius 1 is 1.10 bits per heavy atom. The first-order valence-electron chi connectivity index (χ1n) is 7.67. The van der Waals surface area contributed by atoms with Gasteiger partial charge >= 0.3 is 0 Å². The first kappa shape index (κ1) is 16.7. The minimum atomic E-state index is -0.0541. The van der Waals surface area contributed by atoms with Gasteiger partial charge in [-0.15, -0.1) is 0 Å². The number of anilines is 2. The number of rotatable bonds is 6. The molecule has 0 bridgehead atoms. The van der Waals surface area contributed by atoms with Gasteiger partial charge in [0, 0.05) is 24.1 Å². The van der Waals surface area contributed by atoms with Gasteiger partial charge in [0.05, 0.1) is 0 Å². The zero-order valence-corrected chi connectivity index (χ0v) is 14.0. The predicted octanol–water partition coefficient (Wildman–Crippen LogP) is 4.05. The van der Waals surface area contributed by atoms with Gasteiger partial charge in [-0.3, -0.25) is 0 Å². The zero-order chi connectivity index (χ0) is 15.3. The molecule has 2 unspecified atom stereocenters. The summed E-state index contributed by atoms with van der Waals surface area (Å²) in [6, 6.07) is 2.40. The Bertz CT molecular complexity index is 423. The van der Waals surface area contributed by atoms with Crippen LogP contribution in [0.15, 0.2) is 6.07 Å². The first-order valence-corrected chi connectivity index (χ1v) is 7.67. The Balaban J connectivity index is 3.03. The van der Waals surface area contributed by atoms with Gasteiger partial charge in [-0.25, -0.2) is 9.97 Å². The lowest BCUT2D eigenvalue weighted by Crippen LogP contribution is -2.25. The van der Waals surface area contributed by atoms with Crippen molar-refractivity contribution in [1.29, 1.82) is 0 Å². The van der Waals surface area contributed by atoms with Crippen molar-refractivity contribution in [3.05, 3.63) is 11.9 Å². The van der Waals surface area contributed by atoms with Crippen LogP contribution >= 0.6 is 0 Å². The molecule has 1 rings (SSSR count). The zero-order valence-electron chi connectivity index (χ0n) is 14.0. The molecule has 0 aromatic carbocycles. The molecule has 0 spiro atoms. The Morgan fingerprint density at radius 3 is 2.20 bits per heavy atom. The lowest BCUT2D eigenvalue weighted by atomic mass is 9.95. The number of hydrogen-bond acceptors (Lipinski definition) is 4. The van der Waals surface area contributed by atoms with Crippen molar-refractivity contribution < 1.29 is 0 Å². The molecule has 20 heavy (non-hydrogen) atoms. The van der Waals surface area contributed by atoms with Gasteiger partial charge in [-0.1, -0.05) is 41.0 Å². The third kappa shape index (κ3) is 4.66. The van der Waals surface area contributed by atoms with Crippen LogP contribution in [-0.4, -0.2) is 22.6 Å². The van der Waals surface area contributed by atoms with Gasteiger partial charge in [0.1, 0.15) is 17.5 Å². The monoisotopic (exact) mass is 278 g/mol. The van der Waals surface area contributed by atoms with E-state index in [9.17, 15) is 0 Å². The summed E-state index contributed by atoms with van der Waals surface area (Å²) in [4.78, 5) is 9.29. The number of aromatic nitrogens is 2. The van der Waals surface area contributed by atoms with Crippen molar-refractivity contribution in [1.82, 2.24) is 9.97 Å². The molecule has 0 amide bonds. The number of hydrogen-bond donors (Lipinski definition) is 2. The fraction of sp³-hybridized carbons (Fsp3) is 0.750. The summed E-state index contributed by atoms with van der Waals surface area (Å²) in [5.41, 5.74) is -0.0541. The van der Waals surface area contributed by atoms with E-state index in [0.717, 1.165) is 30.4 Å². The molecule has 0 saturated carbocycles. The molecule has 0 fully saturated rings. The molecule has 1 heterocycles. The maximum atomic E-state index is 4.68. The molecule has 4 heteroatoms. The summed E-state index contributed by atoms with van der Waals surface area (Å²) in [7, 11) is 0. The summed E-state index contributed by atoms with van der Waals surface area (Å²) in [6.07, 6.45) is 1.16. The van der Waals surface area contributed by atoms with Crippen LogP contribution in [0.4, 0.5) is 11.6 Å². The second-order valence-electron chi connectivity index (χ2n) is 6.56. The molecule has 114 valence electrons. The Labute approximate surface area is 123 Å². The summed E-state index contributed by atoms with van der Waals surface area (Å²) in [6.45, 7) is 16.0. The third-order valence-corrected chi connectivity index (χ3v) is 3.63.